The standard InChI is InChI=1S/C19H16ClN5O3/c1-11-3-5-14(7-12(11)2)16-9-17(23-22-16)19(26)24-21-10-13-4-6-15(20)18(8-13)25(27)28/h3-10H,1-2H3,(H,22,23)(H,24,26)/b21-10-. The monoisotopic (exact) mass is 397 g/mol. The van der Waals surface area contributed by atoms with Crippen LogP contribution in [0.25, 0.3) is 11.3 Å². The smallest absolute Gasteiger partial charge is 0.272 e. The van der Waals surface area contributed by atoms with Crippen molar-refractivity contribution in [3.8, 4) is 11.3 Å². The molecule has 3 aromatic rings. The molecule has 0 bridgehead atoms. The first-order chi connectivity index (χ1) is 13.3. The number of carbonyl (C=O) groups is 1. The average molecular weight is 398 g/mol. The number of aryl methyl sites for hydroxylation is 2. The van der Waals surface area contributed by atoms with Crippen LogP contribution in [-0.2, 0) is 0 Å². The highest BCUT2D eigenvalue weighted by Crippen LogP contribution is 2.24. The molecule has 1 aromatic heterocycles. The summed E-state index contributed by atoms with van der Waals surface area (Å²) in [4.78, 5) is 22.5. The maximum Gasteiger partial charge on any atom is 0.289 e. The van der Waals surface area contributed by atoms with Crippen LogP contribution in [0.15, 0.2) is 47.6 Å². The second-order valence-electron chi connectivity index (χ2n) is 6.13. The van der Waals surface area contributed by atoms with Gasteiger partial charge in [-0.15, -0.1) is 0 Å². The van der Waals surface area contributed by atoms with E-state index >= 15 is 0 Å². The number of nitro groups is 1. The molecule has 0 atom stereocenters. The third-order valence-electron chi connectivity index (χ3n) is 4.17. The second-order valence-corrected chi connectivity index (χ2v) is 6.54. The van der Waals surface area contributed by atoms with Gasteiger partial charge in [-0.2, -0.15) is 10.2 Å². The molecule has 142 valence electrons. The van der Waals surface area contributed by atoms with Crippen molar-refractivity contribution >= 4 is 29.4 Å². The van der Waals surface area contributed by atoms with E-state index in [0.29, 0.717) is 11.3 Å². The molecule has 28 heavy (non-hydrogen) atoms. The van der Waals surface area contributed by atoms with Gasteiger partial charge in [-0.25, -0.2) is 5.43 Å². The Morgan fingerprint density at radius 2 is 2.00 bits per heavy atom. The molecule has 0 saturated heterocycles. The van der Waals surface area contributed by atoms with Gasteiger partial charge < -0.3 is 0 Å². The number of aromatic amines is 1. The second kappa shape index (κ2) is 8.01. The van der Waals surface area contributed by atoms with Crippen LogP contribution in [0.5, 0.6) is 0 Å². The lowest BCUT2D eigenvalue weighted by molar-refractivity contribution is -0.384. The van der Waals surface area contributed by atoms with E-state index in [-0.39, 0.29) is 16.4 Å². The fourth-order valence-electron chi connectivity index (χ4n) is 2.46. The molecule has 0 saturated carbocycles. The van der Waals surface area contributed by atoms with Gasteiger partial charge in [0.15, 0.2) is 0 Å². The Bertz CT molecular complexity index is 1090. The van der Waals surface area contributed by atoms with Gasteiger partial charge >= 0.3 is 0 Å². The van der Waals surface area contributed by atoms with E-state index in [9.17, 15) is 14.9 Å². The van der Waals surface area contributed by atoms with Crippen LogP contribution in [0, 0.1) is 24.0 Å². The van der Waals surface area contributed by atoms with Crippen LogP contribution in [0.3, 0.4) is 0 Å². The number of hydrogen-bond acceptors (Lipinski definition) is 5. The molecule has 3 rings (SSSR count). The fourth-order valence-corrected chi connectivity index (χ4v) is 2.65. The quantitative estimate of drug-likeness (QED) is 0.384. The third-order valence-corrected chi connectivity index (χ3v) is 4.49. The molecule has 9 heteroatoms. The first-order valence-electron chi connectivity index (χ1n) is 8.25. The molecule has 0 spiro atoms. The third kappa shape index (κ3) is 4.24. The van der Waals surface area contributed by atoms with Gasteiger partial charge in [0.2, 0.25) is 0 Å². The summed E-state index contributed by atoms with van der Waals surface area (Å²) in [6.45, 7) is 4.03. The number of hydrazone groups is 1. The van der Waals surface area contributed by atoms with Crippen LogP contribution >= 0.6 is 11.6 Å². The minimum Gasteiger partial charge on any atom is -0.272 e. The molecule has 8 nitrogen and oxygen atoms in total. The van der Waals surface area contributed by atoms with Crippen LogP contribution < -0.4 is 5.43 Å². The molecule has 1 amide bonds. The van der Waals surface area contributed by atoms with Crippen molar-refractivity contribution in [2.75, 3.05) is 0 Å². The summed E-state index contributed by atoms with van der Waals surface area (Å²) < 4.78 is 0. The maximum absolute atomic E-state index is 12.2. The van der Waals surface area contributed by atoms with Crippen LogP contribution in [0.1, 0.15) is 27.2 Å². The van der Waals surface area contributed by atoms with E-state index in [1.54, 1.807) is 12.1 Å². The van der Waals surface area contributed by atoms with Crippen molar-refractivity contribution in [1.82, 2.24) is 15.6 Å². The number of aromatic nitrogens is 2. The number of H-pyrrole nitrogens is 1. The minimum atomic E-state index is -0.586. The number of rotatable bonds is 5. The molecule has 0 aliphatic heterocycles. The van der Waals surface area contributed by atoms with Gasteiger partial charge in [0.05, 0.1) is 16.8 Å². The van der Waals surface area contributed by atoms with Gasteiger partial charge in [-0.1, -0.05) is 29.8 Å². The number of nitro benzene ring substituents is 1. The zero-order valence-corrected chi connectivity index (χ0v) is 15.8. The maximum atomic E-state index is 12.2. The summed E-state index contributed by atoms with van der Waals surface area (Å²) in [6, 6.07) is 11.8. The van der Waals surface area contributed by atoms with E-state index in [1.165, 1.54) is 23.9 Å². The Balaban J connectivity index is 1.69. The number of amides is 1. The number of halogens is 1. The van der Waals surface area contributed by atoms with Crippen LogP contribution in [0.4, 0.5) is 5.69 Å². The molecule has 0 aliphatic rings. The largest absolute Gasteiger partial charge is 0.289 e. The molecular formula is C19H16ClN5O3. The lowest BCUT2D eigenvalue weighted by Crippen LogP contribution is -2.18. The zero-order chi connectivity index (χ0) is 20.3. The molecule has 0 radical (unpaired) electrons. The highest BCUT2D eigenvalue weighted by atomic mass is 35.5. The van der Waals surface area contributed by atoms with Crippen molar-refractivity contribution in [1.29, 1.82) is 0 Å². The summed E-state index contributed by atoms with van der Waals surface area (Å²) in [5, 5.41) is 21.6. The molecule has 2 aromatic carbocycles. The van der Waals surface area contributed by atoms with Crippen molar-refractivity contribution < 1.29 is 9.72 Å². The fraction of sp³-hybridized carbons (Fsp3) is 0.105. The molecular weight excluding hydrogens is 382 g/mol. The number of nitrogens with one attached hydrogen (secondary N) is 2. The lowest BCUT2D eigenvalue weighted by atomic mass is 10.0. The predicted octanol–water partition coefficient (Wildman–Crippen LogP) is 4.02. The van der Waals surface area contributed by atoms with Gasteiger partial charge in [0.25, 0.3) is 11.6 Å². The van der Waals surface area contributed by atoms with E-state index in [4.69, 9.17) is 11.6 Å². The Labute approximate surface area is 165 Å². The number of carbonyl (C=O) groups excluding carboxylic acids is 1. The summed E-state index contributed by atoms with van der Waals surface area (Å²) in [5.74, 6) is -0.484. The SMILES string of the molecule is Cc1ccc(-c2cc(C(=O)N/N=C\c3ccc(Cl)c([N+](=O)[O-])c3)[nH]n2)cc1C. The summed E-state index contributed by atoms with van der Waals surface area (Å²) in [6.07, 6.45) is 1.29. The van der Waals surface area contributed by atoms with Gasteiger partial charge in [0, 0.05) is 17.2 Å². The number of benzene rings is 2. The first-order valence-corrected chi connectivity index (χ1v) is 8.63. The first kappa shape index (κ1) is 19.2. The summed E-state index contributed by atoms with van der Waals surface area (Å²) in [7, 11) is 0. The van der Waals surface area contributed by atoms with Gasteiger partial charge in [-0.3, -0.25) is 20.0 Å². The number of hydrogen-bond donors (Lipinski definition) is 2. The highest BCUT2D eigenvalue weighted by molar-refractivity contribution is 6.32. The Kier molecular flexibility index (Phi) is 5.51. The average Bonchev–Trinajstić information content (AvgIpc) is 3.15. The molecule has 2 N–H and O–H groups in total. The Morgan fingerprint density at radius 1 is 1.21 bits per heavy atom. The van der Waals surface area contributed by atoms with Crippen LogP contribution in [0.2, 0.25) is 5.02 Å². The van der Waals surface area contributed by atoms with Gasteiger partial charge in [-0.05, 0) is 43.2 Å². The molecule has 1 heterocycles. The Morgan fingerprint density at radius 3 is 2.71 bits per heavy atom. The normalized spacial score (nSPS) is 11.0. The molecule has 0 fully saturated rings. The van der Waals surface area contributed by atoms with Crippen molar-refractivity contribution in [3.05, 3.63) is 80.0 Å². The summed E-state index contributed by atoms with van der Waals surface area (Å²) >= 11 is 5.76. The Hall–Kier alpha value is -3.52. The van der Waals surface area contributed by atoms with Gasteiger partial charge in [0.1, 0.15) is 10.7 Å². The van der Waals surface area contributed by atoms with Crippen molar-refractivity contribution in [3.63, 3.8) is 0 Å². The van der Waals surface area contributed by atoms with Crippen molar-refractivity contribution in [2.24, 2.45) is 5.10 Å². The molecule has 0 unspecified atom stereocenters. The topological polar surface area (TPSA) is 113 Å². The van der Waals surface area contributed by atoms with E-state index in [0.717, 1.165) is 11.1 Å². The molecule has 0 aliphatic carbocycles. The van der Waals surface area contributed by atoms with Crippen LogP contribution in [-0.4, -0.2) is 27.2 Å². The summed E-state index contributed by atoms with van der Waals surface area (Å²) in [5.41, 5.74) is 6.64. The lowest BCUT2D eigenvalue weighted by Gasteiger charge is -2.01. The van der Waals surface area contributed by atoms with Crippen molar-refractivity contribution in [2.45, 2.75) is 13.8 Å². The minimum absolute atomic E-state index is 0.0301. The zero-order valence-electron chi connectivity index (χ0n) is 15.1. The number of nitrogens with zero attached hydrogens (tertiary/aromatic N) is 3. The highest BCUT2D eigenvalue weighted by Gasteiger charge is 2.13. The van der Waals surface area contributed by atoms with E-state index in [1.807, 2.05) is 32.0 Å². The predicted molar refractivity (Wildman–Crippen MR) is 107 cm³/mol. The van der Waals surface area contributed by atoms with E-state index < -0.39 is 10.8 Å². The van der Waals surface area contributed by atoms with E-state index in [2.05, 4.69) is 20.7 Å².